The van der Waals surface area contributed by atoms with Crippen molar-refractivity contribution >= 4 is 17.8 Å². The first-order valence-corrected chi connectivity index (χ1v) is 7.64. The third-order valence-corrected chi connectivity index (χ3v) is 4.18. The Bertz CT molecular complexity index is 524. The second kappa shape index (κ2) is 6.34. The van der Waals surface area contributed by atoms with Crippen molar-refractivity contribution in [2.24, 2.45) is 11.3 Å². The van der Waals surface area contributed by atoms with Crippen LogP contribution in [0.2, 0.25) is 0 Å². The molecule has 1 saturated heterocycles. The van der Waals surface area contributed by atoms with E-state index in [1.807, 2.05) is 6.92 Å². The Balaban J connectivity index is 2.28. The molecule has 6 nitrogen and oxygen atoms in total. The monoisotopic (exact) mass is 306 g/mol. The van der Waals surface area contributed by atoms with Crippen LogP contribution in [0.5, 0.6) is 0 Å². The van der Waals surface area contributed by atoms with Gasteiger partial charge in [0.1, 0.15) is 11.7 Å². The van der Waals surface area contributed by atoms with E-state index in [1.54, 1.807) is 43.3 Å². The van der Waals surface area contributed by atoms with E-state index in [2.05, 4.69) is 0 Å². The van der Waals surface area contributed by atoms with E-state index in [0.717, 1.165) is 0 Å². The Hall–Kier alpha value is -2.11. The first kappa shape index (κ1) is 16.3. The van der Waals surface area contributed by atoms with Gasteiger partial charge in [0.25, 0.3) is 0 Å². The number of ether oxygens (including phenoxy) is 1. The lowest BCUT2D eigenvalue weighted by molar-refractivity contribution is -0.137. The third-order valence-electron chi connectivity index (χ3n) is 4.18. The van der Waals surface area contributed by atoms with Gasteiger partial charge in [0.15, 0.2) is 0 Å². The predicted molar refractivity (Wildman–Crippen MR) is 80.6 cm³/mol. The highest BCUT2D eigenvalue weighted by molar-refractivity contribution is 6.04. The molecule has 6 heteroatoms. The molecule has 0 aliphatic carbocycles. The highest BCUT2D eigenvalue weighted by atomic mass is 16.5. The Morgan fingerprint density at radius 3 is 2.41 bits per heavy atom. The van der Waals surface area contributed by atoms with Gasteiger partial charge in [-0.2, -0.15) is 0 Å². The molecule has 2 heterocycles. The van der Waals surface area contributed by atoms with Crippen molar-refractivity contribution in [1.29, 1.82) is 0 Å². The van der Waals surface area contributed by atoms with Gasteiger partial charge in [0.05, 0.1) is 6.61 Å². The summed E-state index contributed by atoms with van der Waals surface area (Å²) in [4.78, 5) is 39.4. The molecule has 0 aromatic carbocycles. The minimum atomic E-state index is -0.700. The first-order valence-electron chi connectivity index (χ1n) is 7.64. The van der Waals surface area contributed by atoms with Gasteiger partial charge in [-0.05, 0) is 13.8 Å². The van der Waals surface area contributed by atoms with Gasteiger partial charge in [0, 0.05) is 37.3 Å². The van der Waals surface area contributed by atoms with Gasteiger partial charge < -0.3 is 9.64 Å². The number of hydrogen-bond acceptors (Lipinski definition) is 4. The van der Waals surface area contributed by atoms with Crippen LogP contribution in [0.1, 0.15) is 27.2 Å². The van der Waals surface area contributed by atoms with E-state index in [9.17, 15) is 14.4 Å². The number of amides is 2. The maximum atomic E-state index is 12.5. The molecule has 0 saturated carbocycles. The summed E-state index contributed by atoms with van der Waals surface area (Å²) in [5.74, 6) is -0.901. The van der Waals surface area contributed by atoms with E-state index in [1.165, 1.54) is 4.90 Å². The molecule has 2 rings (SSSR count). The fraction of sp³-hybridized carbons (Fsp3) is 0.562. The summed E-state index contributed by atoms with van der Waals surface area (Å²) in [6, 6.07) is 0. The quantitative estimate of drug-likeness (QED) is 0.744. The van der Waals surface area contributed by atoms with Crippen LogP contribution in [0.3, 0.4) is 0 Å². The van der Waals surface area contributed by atoms with Crippen molar-refractivity contribution < 1.29 is 19.1 Å². The lowest BCUT2D eigenvalue weighted by Crippen LogP contribution is -2.36. The number of hydrogen-bond donors (Lipinski definition) is 0. The van der Waals surface area contributed by atoms with Crippen molar-refractivity contribution in [2.45, 2.75) is 27.2 Å². The largest absolute Gasteiger partial charge is 0.449 e. The van der Waals surface area contributed by atoms with Crippen LogP contribution in [-0.4, -0.2) is 47.3 Å². The third kappa shape index (κ3) is 2.65. The fourth-order valence-electron chi connectivity index (χ4n) is 2.98. The molecule has 1 atom stereocenters. The number of likely N-dealkylation sites (tertiary alicyclic amines) is 1. The number of carbonyl (C=O) groups is 3. The minimum absolute atomic E-state index is 0.0696. The molecule has 2 aliphatic heterocycles. The SMILES string of the molecule is CCOC(=O)N1C=CC2(C=C1)CN(CC)C(=O)C2C(=O)CC. The summed E-state index contributed by atoms with van der Waals surface area (Å²) in [5, 5.41) is 0. The molecule has 0 aromatic heterocycles. The van der Waals surface area contributed by atoms with Gasteiger partial charge >= 0.3 is 6.09 Å². The molecule has 22 heavy (non-hydrogen) atoms. The molecule has 1 spiro atoms. The molecular weight excluding hydrogens is 284 g/mol. The highest BCUT2D eigenvalue weighted by Crippen LogP contribution is 2.42. The van der Waals surface area contributed by atoms with Crippen LogP contribution >= 0.6 is 0 Å². The van der Waals surface area contributed by atoms with Gasteiger partial charge in [0.2, 0.25) is 5.91 Å². The Morgan fingerprint density at radius 2 is 1.91 bits per heavy atom. The molecule has 1 fully saturated rings. The number of carbonyl (C=O) groups excluding carboxylic acids is 3. The summed E-state index contributed by atoms with van der Waals surface area (Å²) in [5.41, 5.74) is -0.664. The maximum Gasteiger partial charge on any atom is 0.417 e. The van der Waals surface area contributed by atoms with E-state index in [0.29, 0.717) is 26.1 Å². The molecule has 2 aliphatic rings. The van der Waals surface area contributed by atoms with Crippen molar-refractivity contribution in [3.63, 3.8) is 0 Å². The standard InChI is InChI=1S/C16H22N2O4/c1-4-12(19)13-14(20)17(5-2)11-16(13)7-9-18(10-8-16)15(21)22-6-3/h7-10,13H,4-6,11H2,1-3H3. The molecular formula is C16H22N2O4. The molecule has 0 aromatic rings. The topological polar surface area (TPSA) is 66.9 Å². The average Bonchev–Trinajstić information content (AvgIpc) is 2.79. The summed E-state index contributed by atoms with van der Waals surface area (Å²) in [7, 11) is 0. The van der Waals surface area contributed by atoms with Crippen LogP contribution in [0.15, 0.2) is 24.6 Å². The normalized spacial score (nSPS) is 22.5. The lowest BCUT2D eigenvalue weighted by atomic mass is 9.74. The summed E-state index contributed by atoms with van der Waals surface area (Å²) in [6.45, 7) is 6.72. The van der Waals surface area contributed by atoms with Crippen molar-refractivity contribution in [1.82, 2.24) is 9.80 Å². The van der Waals surface area contributed by atoms with Crippen LogP contribution < -0.4 is 0 Å². The van der Waals surface area contributed by atoms with Crippen LogP contribution in [0.25, 0.3) is 0 Å². The molecule has 0 bridgehead atoms. The number of nitrogens with zero attached hydrogens (tertiary/aromatic N) is 2. The molecule has 2 amide bonds. The van der Waals surface area contributed by atoms with Crippen molar-refractivity contribution in [3.8, 4) is 0 Å². The van der Waals surface area contributed by atoms with Crippen LogP contribution in [-0.2, 0) is 14.3 Å². The fourth-order valence-corrected chi connectivity index (χ4v) is 2.98. The minimum Gasteiger partial charge on any atom is -0.449 e. The Kier molecular flexibility index (Phi) is 4.68. The summed E-state index contributed by atoms with van der Waals surface area (Å²) < 4.78 is 4.93. The molecule has 120 valence electrons. The van der Waals surface area contributed by atoms with E-state index >= 15 is 0 Å². The second-order valence-corrected chi connectivity index (χ2v) is 5.46. The second-order valence-electron chi connectivity index (χ2n) is 5.46. The number of rotatable bonds is 4. The molecule has 1 unspecified atom stereocenters. The first-order chi connectivity index (χ1) is 10.5. The van der Waals surface area contributed by atoms with E-state index < -0.39 is 17.4 Å². The van der Waals surface area contributed by atoms with Gasteiger partial charge in [-0.25, -0.2) is 4.79 Å². The maximum absolute atomic E-state index is 12.5. The van der Waals surface area contributed by atoms with Crippen LogP contribution in [0, 0.1) is 11.3 Å². The Morgan fingerprint density at radius 1 is 1.27 bits per heavy atom. The zero-order valence-corrected chi connectivity index (χ0v) is 13.2. The predicted octanol–water partition coefficient (Wildman–Crippen LogP) is 1.93. The van der Waals surface area contributed by atoms with Gasteiger partial charge in [-0.15, -0.1) is 0 Å². The van der Waals surface area contributed by atoms with Crippen LogP contribution in [0.4, 0.5) is 4.79 Å². The summed E-state index contributed by atoms with van der Waals surface area (Å²) >= 11 is 0. The Labute approximate surface area is 130 Å². The number of ketones is 1. The van der Waals surface area contributed by atoms with Gasteiger partial charge in [-0.1, -0.05) is 19.1 Å². The van der Waals surface area contributed by atoms with Crippen molar-refractivity contribution in [2.75, 3.05) is 19.7 Å². The lowest BCUT2D eigenvalue weighted by Gasteiger charge is -2.30. The van der Waals surface area contributed by atoms with E-state index in [-0.39, 0.29) is 11.7 Å². The molecule has 0 N–H and O–H groups in total. The average molecular weight is 306 g/mol. The van der Waals surface area contributed by atoms with E-state index in [4.69, 9.17) is 4.74 Å². The van der Waals surface area contributed by atoms with Crippen molar-refractivity contribution in [3.05, 3.63) is 24.6 Å². The van der Waals surface area contributed by atoms with Gasteiger partial charge in [-0.3, -0.25) is 14.5 Å². The zero-order chi connectivity index (χ0) is 16.3. The highest BCUT2D eigenvalue weighted by Gasteiger charge is 2.52. The smallest absolute Gasteiger partial charge is 0.417 e. The molecule has 0 radical (unpaired) electrons. The number of Topliss-reactive ketones (excluding diaryl/α,β-unsaturated/α-hetero) is 1. The summed E-state index contributed by atoms with van der Waals surface area (Å²) in [6.07, 6.45) is 6.56. The zero-order valence-electron chi connectivity index (χ0n) is 13.2.